The number of nitrogens with zero attached hydrogens (tertiary/aromatic N) is 2. The molecule has 1 saturated heterocycles. The van der Waals surface area contributed by atoms with Gasteiger partial charge in [0.2, 0.25) is 5.91 Å². The van der Waals surface area contributed by atoms with Gasteiger partial charge in [-0.05, 0) is 62.6 Å². The van der Waals surface area contributed by atoms with Crippen molar-refractivity contribution in [2.45, 2.75) is 67.7 Å². The lowest BCUT2D eigenvalue weighted by Crippen LogP contribution is -2.78. The van der Waals surface area contributed by atoms with Crippen molar-refractivity contribution in [2.75, 3.05) is 27.2 Å². The third kappa shape index (κ3) is 2.84. The second-order valence-corrected chi connectivity index (χ2v) is 10.7. The van der Waals surface area contributed by atoms with Crippen molar-refractivity contribution in [3.8, 4) is 11.5 Å². The Hall–Kier alpha value is -2.58. The summed E-state index contributed by atoms with van der Waals surface area (Å²) in [5.74, 6) is 0.372. The first-order chi connectivity index (χ1) is 16.3. The van der Waals surface area contributed by atoms with Crippen molar-refractivity contribution in [2.24, 2.45) is 5.92 Å². The molecule has 0 radical (unpaired) electrons. The fourth-order valence-corrected chi connectivity index (χ4v) is 7.34. The molecule has 2 bridgehead atoms. The number of methoxy groups -OCH3 is 1. The van der Waals surface area contributed by atoms with Gasteiger partial charge in [0.05, 0.1) is 24.2 Å². The quantitative estimate of drug-likeness (QED) is 0.499. The Morgan fingerprint density at radius 2 is 2.06 bits per heavy atom. The summed E-state index contributed by atoms with van der Waals surface area (Å²) in [6, 6.07) is 3.36. The van der Waals surface area contributed by atoms with Crippen LogP contribution in [0.1, 0.15) is 43.2 Å². The number of esters is 1. The van der Waals surface area contributed by atoms with Crippen LogP contribution in [-0.4, -0.2) is 82.9 Å². The van der Waals surface area contributed by atoms with Crippen LogP contribution in [0.3, 0.4) is 0 Å². The highest BCUT2D eigenvalue weighted by Gasteiger charge is 2.73. The number of benzene rings is 1. The highest BCUT2D eigenvalue weighted by Crippen LogP contribution is 2.66. The number of carbonyl (C=O) groups excluding carboxylic acids is 2. The van der Waals surface area contributed by atoms with Gasteiger partial charge in [-0.2, -0.15) is 0 Å². The molecule has 3 aliphatic carbocycles. The maximum absolute atomic E-state index is 12.9. The topological polar surface area (TPSA) is 99.5 Å². The van der Waals surface area contributed by atoms with Gasteiger partial charge in [0.15, 0.2) is 11.5 Å². The molecule has 3 unspecified atom stereocenters. The maximum Gasteiger partial charge on any atom is 0.330 e. The van der Waals surface area contributed by atoms with Crippen LogP contribution in [0, 0.1) is 5.92 Å². The molecule has 2 N–H and O–H groups in total. The lowest BCUT2D eigenvalue weighted by molar-refractivity contribution is -0.200. The predicted octanol–water partition coefficient (Wildman–Crippen LogP) is 1.51. The van der Waals surface area contributed by atoms with E-state index in [1.807, 2.05) is 6.07 Å². The number of aliphatic hydroxyl groups is 1. The molecule has 34 heavy (non-hydrogen) atoms. The number of likely N-dealkylation sites (tertiary alicyclic amines) is 1. The van der Waals surface area contributed by atoms with E-state index in [0.717, 1.165) is 49.1 Å². The zero-order chi connectivity index (χ0) is 23.8. The average Bonchev–Trinajstić information content (AvgIpc) is 3.57. The Balaban J connectivity index is 1.41. The van der Waals surface area contributed by atoms with Crippen molar-refractivity contribution >= 4 is 11.9 Å². The van der Waals surface area contributed by atoms with Crippen LogP contribution < -0.4 is 4.74 Å². The Bertz CT molecular complexity index is 1080. The highest BCUT2D eigenvalue weighted by molar-refractivity contribution is 5.94. The summed E-state index contributed by atoms with van der Waals surface area (Å²) < 4.78 is 11.1. The number of piperidine rings is 1. The SMILES string of the molecule is COC(=O)C=CC(=O)N(C)C1CCC2(O)[C@H]3Cc4ccc(O)c5c4[C@@]2(CCN3CC2CC2)C1O5. The van der Waals surface area contributed by atoms with Crippen molar-refractivity contribution in [1.29, 1.82) is 0 Å². The van der Waals surface area contributed by atoms with Crippen LogP contribution in [0.25, 0.3) is 0 Å². The van der Waals surface area contributed by atoms with Gasteiger partial charge < -0.3 is 24.6 Å². The Morgan fingerprint density at radius 1 is 1.26 bits per heavy atom. The molecule has 1 amide bonds. The number of aromatic hydroxyl groups is 1. The molecular weight excluding hydrogens is 436 g/mol. The minimum atomic E-state index is -0.987. The molecule has 3 fully saturated rings. The Labute approximate surface area is 199 Å². The molecule has 1 aromatic rings. The molecule has 1 aromatic carbocycles. The standard InChI is InChI=1S/C26H32N2O6/c1-27(20(30)7-8-21(31)33-2)17-9-10-26(32)19-13-16-5-6-18(29)23-22(16)25(26,24(17)34-23)11-12-28(19)14-15-3-4-15/h5-8,15,17,19,24,29,32H,3-4,9-14H2,1-2H3/t17?,19-,24?,25+,26?/m1/s1. The number of ether oxygens (including phenoxy) is 2. The van der Waals surface area contributed by atoms with Gasteiger partial charge in [-0.25, -0.2) is 4.79 Å². The van der Waals surface area contributed by atoms with E-state index in [9.17, 15) is 19.8 Å². The molecule has 2 aliphatic heterocycles. The van der Waals surface area contributed by atoms with Crippen LogP contribution >= 0.6 is 0 Å². The summed E-state index contributed by atoms with van der Waals surface area (Å²) in [6.45, 7) is 1.89. The van der Waals surface area contributed by atoms with E-state index in [-0.39, 0.29) is 23.7 Å². The van der Waals surface area contributed by atoms with Crippen LogP contribution in [0.5, 0.6) is 11.5 Å². The normalized spacial score (nSPS) is 35.6. The van der Waals surface area contributed by atoms with Crippen molar-refractivity contribution in [3.05, 3.63) is 35.4 Å². The number of phenolic OH excluding ortho intramolecular Hbond substituents is 1. The van der Waals surface area contributed by atoms with E-state index in [2.05, 4.69) is 9.64 Å². The predicted molar refractivity (Wildman–Crippen MR) is 123 cm³/mol. The lowest BCUT2D eigenvalue weighted by atomic mass is 9.48. The minimum Gasteiger partial charge on any atom is -0.504 e. The molecule has 1 spiro atoms. The third-order valence-electron chi connectivity index (χ3n) is 9.14. The fraction of sp³-hybridized carbons (Fsp3) is 0.615. The molecule has 5 aliphatic rings. The number of hydrogen-bond acceptors (Lipinski definition) is 7. The first-order valence-corrected chi connectivity index (χ1v) is 12.3. The summed E-state index contributed by atoms with van der Waals surface area (Å²) in [7, 11) is 2.98. The van der Waals surface area contributed by atoms with Gasteiger partial charge in [0.25, 0.3) is 0 Å². The highest BCUT2D eigenvalue weighted by atomic mass is 16.5. The monoisotopic (exact) mass is 468 g/mol. The average molecular weight is 469 g/mol. The zero-order valence-electron chi connectivity index (χ0n) is 19.7. The van der Waals surface area contributed by atoms with Crippen LogP contribution in [0.4, 0.5) is 0 Å². The van der Waals surface area contributed by atoms with Gasteiger partial charge >= 0.3 is 5.97 Å². The lowest BCUT2D eigenvalue weighted by Gasteiger charge is -2.64. The third-order valence-corrected chi connectivity index (χ3v) is 9.14. The van der Waals surface area contributed by atoms with Crippen LogP contribution in [0.2, 0.25) is 0 Å². The Kier molecular flexibility index (Phi) is 4.81. The smallest absolute Gasteiger partial charge is 0.330 e. The van der Waals surface area contributed by atoms with E-state index in [1.165, 1.54) is 26.0 Å². The Morgan fingerprint density at radius 3 is 2.79 bits per heavy atom. The molecule has 182 valence electrons. The summed E-state index contributed by atoms with van der Waals surface area (Å²) >= 11 is 0. The largest absolute Gasteiger partial charge is 0.504 e. The molecule has 8 heteroatoms. The summed E-state index contributed by atoms with van der Waals surface area (Å²) in [4.78, 5) is 28.5. The molecule has 8 nitrogen and oxygen atoms in total. The molecule has 0 aromatic heterocycles. The van der Waals surface area contributed by atoms with Gasteiger partial charge in [-0.1, -0.05) is 6.07 Å². The molecule has 5 atom stereocenters. The zero-order valence-corrected chi connectivity index (χ0v) is 19.7. The van der Waals surface area contributed by atoms with Gasteiger partial charge in [0.1, 0.15) is 6.10 Å². The summed E-state index contributed by atoms with van der Waals surface area (Å²) in [5, 5.41) is 23.2. The maximum atomic E-state index is 12.9. The number of phenols is 1. The number of hydrogen-bond donors (Lipinski definition) is 2. The van der Waals surface area contributed by atoms with Gasteiger partial charge in [-0.15, -0.1) is 0 Å². The molecular formula is C26H32N2O6. The molecule has 2 saturated carbocycles. The van der Waals surface area contributed by atoms with Crippen molar-refractivity contribution in [1.82, 2.24) is 9.80 Å². The van der Waals surface area contributed by atoms with E-state index in [4.69, 9.17) is 4.74 Å². The van der Waals surface area contributed by atoms with Crippen molar-refractivity contribution in [3.63, 3.8) is 0 Å². The summed E-state index contributed by atoms with van der Waals surface area (Å²) in [5.41, 5.74) is 0.408. The van der Waals surface area contributed by atoms with Crippen LogP contribution in [0.15, 0.2) is 24.3 Å². The van der Waals surface area contributed by atoms with Gasteiger partial charge in [0, 0.05) is 37.3 Å². The number of likely N-dealkylation sites (N-methyl/N-ethyl adjacent to an activating group) is 1. The van der Waals surface area contributed by atoms with E-state index < -0.39 is 23.1 Å². The first-order valence-electron chi connectivity index (χ1n) is 12.3. The molecule has 6 rings (SSSR count). The fourth-order valence-electron chi connectivity index (χ4n) is 7.34. The number of carbonyl (C=O) groups is 2. The number of rotatable bonds is 5. The van der Waals surface area contributed by atoms with Crippen LogP contribution in [-0.2, 0) is 26.2 Å². The van der Waals surface area contributed by atoms with Gasteiger partial charge in [-0.3, -0.25) is 9.69 Å². The number of amides is 1. The molecule has 2 heterocycles. The van der Waals surface area contributed by atoms with E-state index >= 15 is 0 Å². The first kappa shape index (κ1) is 21.9. The summed E-state index contributed by atoms with van der Waals surface area (Å²) in [6.07, 6.45) is 6.99. The second kappa shape index (κ2) is 7.46. The second-order valence-electron chi connectivity index (χ2n) is 10.7. The minimum absolute atomic E-state index is 0.00267. The van der Waals surface area contributed by atoms with Crippen molar-refractivity contribution < 1.29 is 29.3 Å². The van der Waals surface area contributed by atoms with E-state index in [0.29, 0.717) is 18.6 Å². The van der Waals surface area contributed by atoms with E-state index in [1.54, 1.807) is 18.0 Å².